The molecule has 0 atom stereocenters. The highest BCUT2D eigenvalue weighted by atomic mass is 35.5. The van der Waals surface area contributed by atoms with Gasteiger partial charge < -0.3 is 14.8 Å². The van der Waals surface area contributed by atoms with Crippen LogP contribution < -0.4 is 14.8 Å². The first-order valence-corrected chi connectivity index (χ1v) is 8.45. The lowest BCUT2D eigenvalue weighted by Gasteiger charge is -2.14. The summed E-state index contributed by atoms with van der Waals surface area (Å²) in [6, 6.07) is 7.96. The van der Waals surface area contributed by atoms with Gasteiger partial charge in [-0.15, -0.1) is 0 Å². The van der Waals surface area contributed by atoms with Gasteiger partial charge in [0.25, 0.3) is 5.91 Å². The fraction of sp³-hybridized carbons (Fsp3) is 0.235. The molecular weight excluding hydrogens is 373 g/mol. The molecule has 0 heterocycles. The zero-order chi connectivity index (χ0) is 17.7. The van der Waals surface area contributed by atoms with E-state index in [1.165, 1.54) is 6.07 Å². The monoisotopic (exact) mass is 387 g/mol. The summed E-state index contributed by atoms with van der Waals surface area (Å²) in [5.74, 6) is 0.498. The van der Waals surface area contributed by atoms with E-state index >= 15 is 0 Å². The second kappa shape index (κ2) is 8.47. The van der Waals surface area contributed by atoms with Crippen LogP contribution in [0.1, 0.15) is 24.2 Å². The van der Waals surface area contributed by atoms with Crippen molar-refractivity contribution in [3.63, 3.8) is 0 Å². The summed E-state index contributed by atoms with van der Waals surface area (Å²) in [4.78, 5) is 12.4. The Morgan fingerprint density at radius 3 is 2.29 bits per heavy atom. The van der Waals surface area contributed by atoms with Gasteiger partial charge in [-0.25, -0.2) is 0 Å². The maximum absolute atomic E-state index is 12.4. The Morgan fingerprint density at radius 1 is 0.958 bits per heavy atom. The summed E-state index contributed by atoms with van der Waals surface area (Å²) in [7, 11) is 0. The van der Waals surface area contributed by atoms with Crippen LogP contribution in [-0.2, 0) is 0 Å². The summed E-state index contributed by atoms with van der Waals surface area (Å²) in [5.41, 5.74) is 0.871. The molecule has 2 rings (SSSR count). The van der Waals surface area contributed by atoms with Gasteiger partial charge in [0.15, 0.2) is 11.5 Å². The van der Waals surface area contributed by atoms with E-state index in [0.717, 1.165) is 0 Å². The lowest BCUT2D eigenvalue weighted by molar-refractivity contribution is 0.102. The van der Waals surface area contributed by atoms with E-state index in [-0.39, 0.29) is 5.91 Å². The molecule has 0 aliphatic rings. The van der Waals surface area contributed by atoms with Crippen molar-refractivity contribution in [1.82, 2.24) is 0 Å². The molecule has 0 fully saturated rings. The van der Waals surface area contributed by atoms with Crippen LogP contribution in [-0.4, -0.2) is 19.1 Å². The van der Waals surface area contributed by atoms with Gasteiger partial charge in [-0.1, -0.05) is 34.8 Å². The molecule has 0 spiro atoms. The van der Waals surface area contributed by atoms with Gasteiger partial charge in [-0.2, -0.15) is 0 Å². The summed E-state index contributed by atoms with van der Waals surface area (Å²) in [5, 5.41) is 3.81. The molecule has 128 valence electrons. The van der Waals surface area contributed by atoms with Crippen LogP contribution in [0.15, 0.2) is 30.3 Å². The first-order chi connectivity index (χ1) is 11.5. The Balaban J connectivity index is 2.29. The van der Waals surface area contributed by atoms with E-state index in [9.17, 15) is 4.79 Å². The van der Waals surface area contributed by atoms with Crippen molar-refractivity contribution >= 4 is 46.4 Å². The van der Waals surface area contributed by atoms with Crippen LogP contribution in [0.2, 0.25) is 15.1 Å². The Labute approximate surface area is 155 Å². The quantitative estimate of drug-likeness (QED) is 0.691. The maximum Gasteiger partial charge on any atom is 0.255 e. The van der Waals surface area contributed by atoms with Crippen molar-refractivity contribution in [2.75, 3.05) is 18.5 Å². The minimum Gasteiger partial charge on any atom is -0.490 e. The van der Waals surface area contributed by atoms with E-state index in [4.69, 9.17) is 44.3 Å². The fourth-order valence-corrected chi connectivity index (χ4v) is 2.59. The van der Waals surface area contributed by atoms with Crippen LogP contribution >= 0.6 is 34.8 Å². The minimum atomic E-state index is -0.348. The number of carbonyl (C=O) groups excluding carboxylic acids is 1. The predicted octanol–water partition coefficient (Wildman–Crippen LogP) is 5.70. The second-order valence-electron chi connectivity index (χ2n) is 4.73. The maximum atomic E-state index is 12.4. The van der Waals surface area contributed by atoms with Crippen molar-refractivity contribution in [1.29, 1.82) is 0 Å². The van der Waals surface area contributed by atoms with Gasteiger partial charge in [0, 0.05) is 11.3 Å². The van der Waals surface area contributed by atoms with Gasteiger partial charge >= 0.3 is 0 Å². The number of hydrogen-bond donors (Lipinski definition) is 1. The van der Waals surface area contributed by atoms with Crippen molar-refractivity contribution in [3.05, 3.63) is 51.0 Å². The highest BCUT2D eigenvalue weighted by molar-refractivity contribution is 6.42. The number of benzene rings is 2. The van der Waals surface area contributed by atoms with Crippen LogP contribution in [0.5, 0.6) is 11.5 Å². The largest absolute Gasteiger partial charge is 0.490 e. The molecule has 0 unspecified atom stereocenters. The predicted molar refractivity (Wildman–Crippen MR) is 98.2 cm³/mol. The number of rotatable bonds is 6. The van der Waals surface area contributed by atoms with Gasteiger partial charge in [-0.05, 0) is 44.2 Å². The smallest absolute Gasteiger partial charge is 0.255 e. The Morgan fingerprint density at radius 2 is 1.67 bits per heavy atom. The molecule has 2 aromatic rings. The third-order valence-corrected chi connectivity index (χ3v) is 4.06. The second-order valence-corrected chi connectivity index (χ2v) is 5.96. The first-order valence-electron chi connectivity index (χ1n) is 7.31. The Bertz CT molecular complexity index is 750. The van der Waals surface area contributed by atoms with E-state index < -0.39 is 0 Å². The van der Waals surface area contributed by atoms with E-state index in [1.54, 1.807) is 24.3 Å². The van der Waals surface area contributed by atoms with Crippen LogP contribution in [0.4, 0.5) is 5.69 Å². The molecule has 0 bridgehead atoms. The lowest BCUT2D eigenvalue weighted by atomic mass is 10.1. The fourth-order valence-electron chi connectivity index (χ4n) is 2.02. The number of nitrogens with one attached hydrogen (secondary N) is 1. The molecule has 0 saturated carbocycles. The van der Waals surface area contributed by atoms with E-state index in [2.05, 4.69) is 5.32 Å². The Hall–Kier alpha value is -1.62. The summed E-state index contributed by atoms with van der Waals surface area (Å²) < 4.78 is 11.0. The van der Waals surface area contributed by atoms with Gasteiger partial charge in [0.2, 0.25) is 0 Å². The average molecular weight is 389 g/mol. The minimum absolute atomic E-state index is 0.307. The van der Waals surface area contributed by atoms with Crippen LogP contribution in [0.3, 0.4) is 0 Å². The number of halogens is 3. The van der Waals surface area contributed by atoms with Crippen LogP contribution in [0, 0.1) is 0 Å². The zero-order valence-electron chi connectivity index (χ0n) is 13.2. The molecular formula is C17H16Cl3NO3. The third kappa shape index (κ3) is 4.47. The van der Waals surface area contributed by atoms with Crippen molar-refractivity contribution in [2.24, 2.45) is 0 Å². The number of amides is 1. The number of hydrogen-bond acceptors (Lipinski definition) is 3. The topological polar surface area (TPSA) is 47.6 Å². The molecule has 0 aliphatic heterocycles. The molecule has 1 amide bonds. The normalized spacial score (nSPS) is 10.4. The zero-order valence-corrected chi connectivity index (χ0v) is 15.4. The molecule has 0 aliphatic carbocycles. The molecule has 1 N–H and O–H groups in total. The molecule has 4 nitrogen and oxygen atoms in total. The summed E-state index contributed by atoms with van der Waals surface area (Å²) in [6.45, 7) is 4.55. The summed E-state index contributed by atoms with van der Waals surface area (Å²) >= 11 is 18.0. The van der Waals surface area contributed by atoms with E-state index in [1.807, 2.05) is 13.8 Å². The molecule has 2 aromatic carbocycles. The van der Waals surface area contributed by atoms with E-state index in [0.29, 0.717) is 51.0 Å². The molecule has 0 radical (unpaired) electrons. The van der Waals surface area contributed by atoms with Gasteiger partial charge in [-0.3, -0.25) is 4.79 Å². The number of ether oxygens (including phenoxy) is 2. The SMILES string of the molecule is CCOc1cc(C(=O)Nc2ccc(Cl)c(Cl)c2)cc(Cl)c1OCC. The number of carbonyl (C=O) groups is 1. The summed E-state index contributed by atoms with van der Waals surface area (Å²) in [6.07, 6.45) is 0. The lowest BCUT2D eigenvalue weighted by Crippen LogP contribution is -2.12. The highest BCUT2D eigenvalue weighted by Gasteiger charge is 2.16. The van der Waals surface area contributed by atoms with Gasteiger partial charge in [0.05, 0.1) is 28.3 Å². The first kappa shape index (κ1) is 18.7. The Kier molecular flexibility index (Phi) is 6.60. The van der Waals surface area contributed by atoms with Gasteiger partial charge in [0.1, 0.15) is 0 Å². The molecule has 0 saturated heterocycles. The molecule has 24 heavy (non-hydrogen) atoms. The standard InChI is InChI=1S/C17H16Cl3NO3/c1-3-23-15-8-10(7-14(20)16(15)24-4-2)17(22)21-11-5-6-12(18)13(19)9-11/h5-9H,3-4H2,1-2H3,(H,21,22). The molecule has 7 heteroatoms. The highest BCUT2D eigenvalue weighted by Crippen LogP contribution is 2.37. The van der Waals surface area contributed by atoms with Crippen molar-refractivity contribution in [3.8, 4) is 11.5 Å². The third-order valence-electron chi connectivity index (χ3n) is 3.04. The number of anilines is 1. The average Bonchev–Trinajstić information content (AvgIpc) is 2.54. The van der Waals surface area contributed by atoms with Crippen LogP contribution in [0.25, 0.3) is 0 Å². The van der Waals surface area contributed by atoms with Crippen molar-refractivity contribution < 1.29 is 14.3 Å². The van der Waals surface area contributed by atoms with Crippen molar-refractivity contribution in [2.45, 2.75) is 13.8 Å². The molecule has 0 aromatic heterocycles.